The monoisotopic (exact) mass is 462 g/mol. The Hall–Kier alpha value is -2.84. The first-order chi connectivity index (χ1) is 16.7. The molecule has 8 nitrogen and oxygen atoms in total. The van der Waals surface area contributed by atoms with E-state index in [4.69, 9.17) is 14.5 Å². The zero-order valence-electron chi connectivity index (χ0n) is 19.9. The van der Waals surface area contributed by atoms with E-state index in [1.165, 1.54) is 12.1 Å². The van der Waals surface area contributed by atoms with Crippen molar-refractivity contribution in [3.05, 3.63) is 36.7 Å². The van der Waals surface area contributed by atoms with Crippen LogP contribution >= 0.6 is 0 Å². The minimum Gasteiger partial charge on any atom is -0.488 e. The van der Waals surface area contributed by atoms with Gasteiger partial charge in [-0.05, 0) is 57.4 Å². The Bertz CT molecular complexity index is 1130. The van der Waals surface area contributed by atoms with Crippen LogP contribution in [0.5, 0.6) is 5.75 Å². The smallest absolute Gasteiger partial charge is 0.229 e. The minimum absolute atomic E-state index is 0.270. The number of likely N-dealkylation sites (N-methyl/N-ethyl adjacent to an activating group) is 1. The van der Waals surface area contributed by atoms with Gasteiger partial charge in [0.25, 0.3) is 0 Å². The second kappa shape index (κ2) is 9.43. The maximum absolute atomic E-state index is 6.41. The molecule has 3 aliphatic rings. The molecule has 0 spiro atoms. The summed E-state index contributed by atoms with van der Waals surface area (Å²) in [6.07, 6.45) is 10.3. The lowest BCUT2D eigenvalue weighted by molar-refractivity contribution is 0.0979. The summed E-state index contributed by atoms with van der Waals surface area (Å²) >= 11 is 0. The van der Waals surface area contributed by atoms with E-state index in [9.17, 15) is 0 Å². The van der Waals surface area contributed by atoms with Crippen LogP contribution in [-0.4, -0.2) is 71.5 Å². The number of anilines is 3. The van der Waals surface area contributed by atoms with Gasteiger partial charge in [0.15, 0.2) is 0 Å². The van der Waals surface area contributed by atoms with Crippen LogP contribution in [0.25, 0.3) is 11.0 Å². The van der Waals surface area contributed by atoms with Gasteiger partial charge in [0.1, 0.15) is 11.4 Å². The van der Waals surface area contributed by atoms with Crippen molar-refractivity contribution in [3.8, 4) is 5.75 Å². The Kier molecular flexibility index (Phi) is 6.01. The molecule has 2 aliphatic heterocycles. The summed E-state index contributed by atoms with van der Waals surface area (Å²) in [5.41, 5.74) is 3.07. The first kappa shape index (κ1) is 21.7. The number of aromatic nitrogens is 3. The predicted molar refractivity (Wildman–Crippen MR) is 134 cm³/mol. The van der Waals surface area contributed by atoms with Crippen LogP contribution in [0.1, 0.15) is 32.1 Å². The molecular weight excluding hydrogens is 428 g/mol. The van der Waals surface area contributed by atoms with E-state index < -0.39 is 0 Å². The number of nitrogens with zero attached hydrogens (tertiary/aromatic N) is 5. The maximum atomic E-state index is 6.41. The van der Waals surface area contributed by atoms with Crippen molar-refractivity contribution in [3.63, 3.8) is 0 Å². The molecule has 1 N–H and O–H groups in total. The third kappa shape index (κ3) is 4.57. The standard InChI is InChI=1S/C26H34N6O2/c1-30-11-13-31(14-12-30)20-7-8-23(24(16-20)34-21-4-2-5-21)28-26-27-17-19-9-10-32(25(19)29-26)18-22-6-3-15-33-22/h7-10,16-17,21-22H,2-6,11-15,18H2,1H3,(H,27,28,29). The van der Waals surface area contributed by atoms with E-state index in [2.05, 4.69) is 62.2 Å². The Morgan fingerprint density at radius 3 is 2.74 bits per heavy atom. The highest BCUT2D eigenvalue weighted by Crippen LogP contribution is 2.36. The topological polar surface area (TPSA) is 67.7 Å². The fourth-order valence-corrected chi connectivity index (χ4v) is 4.95. The van der Waals surface area contributed by atoms with E-state index in [0.29, 0.717) is 12.1 Å². The third-order valence-electron chi connectivity index (χ3n) is 7.35. The highest BCUT2D eigenvalue weighted by Gasteiger charge is 2.23. The summed E-state index contributed by atoms with van der Waals surface area (Å²) in [5.74, 6) is 1.48. The zero-order chi connectivity index (χ0) is 22.9. The molecule has 6 rings (SSSR count). The van der Waals surface area contributed by atoms with Crippen molar-refractivity contribution in [1.82, 2.24) is 19.4 Å². The van der Waals surface area contributed by atoms with Gasteiger partial charge in [-0.3, -0.25) is 0 Å². The molecule has 3 fully saturated rings. The molecule has 3 aromatic rings. The lowest BCUT2D eigenvalue weighted by Crippen LogP contribution is -2.44. The van der Waals surface area contributed by atoms with Crippen LogP contribution in [0.4, 0.5) is 17.3 Å². The summed E-state index contributed by atoms with van der Waals surface area (Å²) in [7, 11) is 2.18. The number of ether oxygens (including phenoxy) is 2. The Balaban J connectivity index is 1.25. The molecule has 0 bridgehead atoms. The molecule has 180 valence electrons. The normalized spacial score (nSPS) is 21.7. The van der Waals surface area contributed by atoms with Gasteiger partial charge in [-0.2, -0.15) is 4.98 Å². The highest BCUT2D eigenvalue weighted by molar-refractivity contribution is 5.77. The van der Waals surface area contributed by atoms with E-state index in [-0.39, 0.29) is 6.10 Å². The van der Waals surface area contributed by atoms with Crippen LogP contribution in [0.3, 0.4) is 0 Å². The Morgan fingerprint density at radius 1 is 1.09 bits per heavy atom. The van der Waals surface area contributed by atoms with E-state index in [1.54, 1.807) is 0 Å². The molecule has 2 saturated heterocycles. The van der Waals surface area contributed by atoms with Crippen molar-refractivity contribution in [1.29, 1.82) is 0 Å². The van der Waals surface area contributed by atoms with Crippen molar-refractivity contribution in [2.45, 2.75) is 50.9 Å². The Labute approximate surface area is 200 Å². The molecule has 1 unspecified atom stereocenters. The fraction of sp³-hybridized carbons (Fsp3) is 0.538. The van der Waals surface area contributed by atoms with Crippen LogP contribution in [0.2, 0.25) is 0 Å². The maximum Gasteiger partial charge on any atom is 0.229 e. The third-order valence-corrected chi connectivity index (χ3v) is 7.35. The van der Waals surface area contributed by atoms with E-state index in [1.807, 2.05) is 6.20 Å². The zero-order valence-corrected chi connectivity index (χ0v) is 19.9. The number of hydrogen-bond donors (Lipinski definition) is 1. The molecule has 1 aliphatic carbocycles. The van der Waals surface area contributed by atoms with Crippen molar-refractivity contribution >= 4 is 28.4 Å². The average molecular weight is 463 g/mol. The number of hydrogen-bond acceptors (Lipinski definition) is 7. The van der Waals surface area contributed by atoms with Gasteiger partial charge in [-0.25, -0.2) is 4.98 Å². The SMILES string of the molecule is CN1CCN(c2ccc(Nc3ncc4ccn(CC5CCCO5)c4n3)c(OC3CCC3)c2)CC1. The molecule has 4 heterocycles. The second-order valence-corrected chi connectivity index (χ2v) is 9.84. The average Bonchev–Trinajstić information content (AvgIpc) is 3.48. The molecule has 1 aromatic carbocycles. The summed E-state index contributed by atoms with van der Waals surface area (Å²) in [6.45, 7) is 5.92. The summed E-state index contributed by atoms with van der Waals surface area (Å²) < 4.78 is 14.4. The number of nitrogens with one attached hydrogen (secondary N) is 1. The van der Waals surface area contributed by atoms with Gasteiger partial charge in [-0.1, -0.05) is 0 Å². The Morgan fingerprint density at radius 2 is 1.97 bits per heavy atom. The van der Waals surface area contributed by atoms with Crippen LogP contribution in [-0.2, 0) is 11.3 Å². The quantitative estimate of drug-likeness (QED) is 0.568. The molecule has 0 radical (unpaired) electrons. The number of benzene rings is 1. The fourth-order valence-electron chi connectivity index (χ4n) is 4.95. The molecular formula is C26H34N6O2. The first-order valence-electron chi connectivity index (χ1n) is 12.7. The summed E-state index contributed by atoms with van der Waals surface area (Å²) in [4.78, 5) is 14.3. The minimum atomic E-state index is 0.270. The largest absolute Gasteiger partial charge is 0.488 e. The number of piperazine rings is 1. The van der Waals surface area contributed by atoms with Gasteiger partial charge in [0.2, 0.25) is 5.95 Å². The molecule has 34 heavy (non-hydrogen) atoms. The van der Waals surface area contributed by atoms with Gasteiger partial charge in [-0.15, -0.1) is 0 Å². The van der Waals surface area contributed by atoms with Crippen molar-refractivity contribution < 1.29 is 9.47 Å². The van der Waals surface area contributed by atoms with E-state index in [0.717, 1.165) is 87.5 Å². The van der Waals surface area contributed by atoms with Crippen LogP contribution in [0.15, 0.2) is 36.7 Å². The predicted octanol–water partition coefficient (Wildman–Crippen LogP) is 4.04. The van der Waals surface area contributed by atoms with Crippen LogP contribution < -0.4 is 15.0 Å². The molecule has 1 saturated carbocycles. The lowest BCUT2D eigenvalue weighted by Gasteiger charge is -2.35. The van der Waals surface area contributed by atoms with E-state index >= 15 is 0 Å². The first-order valence-corrected chi connectivity index (χ1v) is 12.7. The molecule has 0 amide bonds. The summed E-state index contributed by atoms with van der Waals surface area (Å²) in [5, 5.41) is 4.49. The summed E-state index contributed by atoms with van der Waals surface area (Å²) in [6, 6.07) is 8.55. The van der Waals surface area contributed by atoms with Gasteiger partial charge in [0.05, 0.1) is 24.4 Å². The number of rotatable bonds is 7. The second-order valence-electron chi connectivity index (χ2n) is 9.84. The van der Waals surface area contributed by atoms with Gasteiger partial charge >= 0.3 is 0 Å². The molecule has 1 atom stereocenters. The molecule has 2 aromatic heterocycles. The van der Waals surface area contributed by atoms with Gasteiger partial charge < -0.3 is 29.2 Å². The van der Waals surface area contributed by atoms with Crippen LogP contribution in [0, 0.1) is 0 Å². The lowest BCUT2D eigenvalue weighted by atomic mass is 9.96. The van der Waals surface area contributed by atoms with Crippen molar-refractivity contribution in [2.24, 2.45) is 0 Å². The van der Waals surface area contributed by atoms with Crippen molar-refractivity contribution in [2.75, 3.05) is 50.1 Å². The highest BCUT2D eigenvalue weighted by atomic mass is 16.5. The van der Waals surface area contributed by atoms with Gasteiger partial charge in [0, 0.05) is 62.3 Å². The molecule has 8 heteroatoms. The number of fused-ring (bicyclic) bond motifs is 1.